The van der Waals surface area contributed by atoms with E-state index in [0.717, 1.165) is 17.0 Å². The van der Waals surface area contributed by atoms with Gasteiger partial charge in [-0.3, -0.25) is 4.98 Å². The van der Waals surface area contributed by atoms with Gasteiger partial charge in [0.1, 0.15) is 11.5 Å². The molecule has 0 unspecified atom stereocenters. The molecular weight excluding hydrogens is 378 g/mol. The summed E-state index contributed by atoms with van der Waals surface area (Å²) in [6.45, 7) is 16.1. The summed E-state index contributed by atoms with van der Waals surface area (Å²) in [5.74, 6) is 1.75. The summed E-state index contributed by atoms with van der Waals surface area (Å²) < 4.78 is 5.63. The monoisotopic (exact) mass is 417 g/mol. The van der Waals surface area contributed by atoms with Crippen LogP contribution in [0.15, 0.2) is 91.1 Å². The summed E-state index contributed by atoms with van der Waals surface area (Å²) in [4.78, 5) is 4.28. The SMILES string of the molecule is CC.CC.CC.Cc1ccc(Oc2ccccc2)cc1.Cc1cnc2ccccc2c1. The van der Waals surface area contributed by atoms with Crippen LogP contribution in [0.4, 0.5) is 0 Å². The summed E-state index contributed by atoms with van der Waals surface area (Å²) in [5.41, 5.74) is 3.52. The highest BCUT2D eigenvalue weighted by atomic mass is 16.5. The number of rotatable bonds is 2. The molecule has 0 saturated carbocycles. The second kappa shape index (κ2) is 17.7. The van der Waals surface area contributed by atoms with Gasteiger partial charge in [0.2, 0.25) is 0 Å². The minimum Gasteiger partial charge on any atom is -0.457 e. The van der Waals surface area contributed by atoms with Gasteiger partial charge in [-0.2, -0.15) is 0 Å². The molecule has 4 aromatic rings. The Bertz CT molecular complexity index is 931. The maximum Gasteiger partial charge on any atom is 0.127 e. The molecule has 3 aromatic carbocycles. The van der Waals surface area contributed by atoms with E-state index in [1.165, 1.54) is 16.5 Å². The van der Waals surface area contributed by atoms with Crippen LogP contribution in [0.1, 0.15) is 52.7 Å². The molecule has 2 nitrogen and oxygen atoms in total. The van der Waals surface area contributed by atoms with E-state index < -0.39 is 0 Å². The van der Waals surface area contributed by atoms with E-state index in [0.29, 0.717) is 0 Å². The lowest BCUT2D eigenvalue weighted by atomic mass is 10.2. The van der Waals surface area contributed by atoms with E-state index in [4.69, 9.17) is 4.74 Å². The molecule has 0 fully saturated rings. The van der Waals surface area contributed by atoms with Crippen molar-refractivity contribution in [2.75, 3.05) is 0 Å². The molecule has 0 atom stereocenters. The number of nitrogens with zero attached hydrogens (tertiary/aromatic N) is 1. The van der Waals surface area contributed by atoms with E-state index in [1.807, 2.05) is 121 Å². The topological polar surface area (TPSA) is 22.1 Å². The molecule has 4 rings (SSSR count). The zero-order valence-electron chi connectivity index (χ0n) is 20.5. The average molecular weight is 418 g/mol. The number of benzene rings is 3. The van der Waals surface area contributed by atoms with Gasteiger partial charge in [0, 0.05) is 11.6 Å². The third kappa shape index (κ3) is 11.0. The average Bonchev–Trinajstić information content (AvgIpc) is 2.85. The van der Waals surface area contributed by atoms with Crippen molar-refractivity contribution in [3.8, 4) is 11.5 Å². The molecule has 31 heavy (non-hydrogen) atoms. The van der Waals surface area contributed by atoms with Gasteiger partial charge in [0.15, 0.2) is 0 Å². The van der Waals surface area contributed by atoms with Crippen LogP contribution in [-0.4, -0.2) is 4.98 Å². The van der Waals surface area contributed by atoms with Crippen molar-refractivity contribution in [3.63, 3.8) is 0 Å². The van der Waals surface area contributed by atoms with Gasteiger partial charge in [-0.15, -0.1) is 0 Å². The molecule has 0 aliphatic rings. The third-order valence-corrected chi connectivity index (χ3v) is 3.73. The molecule has 1 heterocycles. The van der Waals surface area contributed by atoms with Crippen LogP contribution in [-0.2, 0) is 0 Å². The molecule has 0 bridgehead atoms. The molecule has 1 aromatic heterocycles. The Morgan fingerprint density at radius 1 is 0.548 bits per heavy atom. The number of fused-ring (bicyclic) bond motifs is 1. The number of pyridine rings is 1. The maximum absolute atomic E-state index is 5.63. The Balaban J connectivity index is 0.000000476. The second-order valence-electron chi connectivity index (χ2n) is 5.93. The molecule has 0 aliphatic carbocycles. The molecule has 166 valence electrons. The van der Waals surface area contributed by atoms with Gasteiger partial charge in [0.05, 0.1) is 5.52 Å². The molecule has 0 spiro atoms. The Labute approximate surface area is 190 Å². The number of hydrogen-bond donors (Lipinski definition) is 0. The van der Waals surface area contributed by atoms with Crippen molar-refractivity contribution in [1.82, 2.24) is 4.98 Å². The first-order chi connectivity index (χ1) is 15.2. The van der Waals surface area contributed by atoms with Crippen molar-refractivity contribution < 1.29 is 4.74 Å². The first kappa shape index (κ1) is 27.9. The predicted octanol–water partition coefficient (Wildman–Crippen LogP) is 9.41. The van der Waals surface area contributed by atoms with Gasteiger partial charge in [-0.05, 0) is 55.8 Å². The smallest absolute Gasteiger partial charge is 0.127 e. The number of aromatic nitrogens is 1. The van der Waals surface area contributed by atoms with E-state index in [2.05, 4.69) is 31.0 Å². The lowest BCUT2D eigenvalue weighted by molar-refractivity contribution is 0.482. The summed E-state index contributed by atoms with van der Waals surface area (Å²) in [5, 5.41) is 1.22. The highest BCUT2D eigenvalue weighted by Gasteiger charge is 1.94. The van der Waals surface area contributed by atoms with E-state index in [9.17, 15) is 0 Å². The van der Waals surface area contributed by atoms with Crippen molar-refractivity contribution >= 4 is 10.9 Å². The normalized spacial score (nSPS) is 8.65. The van der Waals surface area contributed by atoms with Crippen molar-refractivity contribution in [2.24, 2.45) is 0 Å². The highest BCUT2D eigenvalue weighted by molar-refractivity contribution is 5.78. The summed E-state index contributed by atoms with van der Waals surface area (Å²) in [6.07, 6.45) is 1.89. The fourth-order valence-corrected chi connectivity index (χ4v) is 2.41. The van der Waals surface area contributed by atoms with Gasteiger partial charge in [-0.25, -0.2) is 0 Å². The molecule has 0 radical (unpaired) electrons. The lowest BCUT2D eigenvalue weighted by Crippen LogP contribution is -1.82. The number of ether oxygens (including phenoxy) is 1. The fraction of sp³-hybridized carbons (Fsp3) is 0.276. The Kier molecular flexibility index (Phi) is 15.9. The quantitative estimate of drug-likeness (QED) is 0.324. The largest absolute Gasteiger partial charge is 0.457 e. The maximum atomic E-state index is 5.63. The Hall–Kier alpha value is -3.13. The molecule has 0 amide bonds. The van der Waals surface area contributed by atoms with Crippen LogP contribution in [0.2, 0.25) is 0 Å². The van der Waals surface area contributed by atoms with Crippen LogP contribution in [0.25, 0.3) is 10.9 Å². The van der Waals surface area contributed by atoms with Crippen LogP contribution >= 0.6 is 0 Å². The van der Waals surface area contributed by atoms with Gasteiger partial charge < -0.3 is 4.74 Å². The molecule has 2 heteroatoms. The van der Waals surface area contributed by atoms with E-state index >= 15 is 0 Å². The Morgan fingerprint density at radius 2 is 1.06 bits per heavy atom. The first-order valence-electron chi connectivity index (χ1n) is 11.3. The number of hydrogen-bond acceptors (Lipinski definition) is 2. The van der Waals surface area contributed by atoms with Crippen LogP contribution < -0.4 is 4.74 Å². The molecule has 0 aliphatic heterocycles. The van der Waals surface area contributed by atoms with Gasteiger partial charge in [0.25, 0.3) is 0 Å². The first-order valence-corrected chi connectivity index (χ1v) is 11.3. The molecular formula is C29H39NO. The number of para-hydroxylation sites is 2. The summed E-state index contributed by atoms with van der Waals surface area (Å²) in [7, 11) is 0. The standard InChI is InChI=1S/C13H12O.C10H9N.3C2H6/c1-11-7-9-13(10-8-11)14-12-5-3-2-4-6-12;1-8-6-9-4-2-3-5-10(9)11-7-8;3*1-2/h2-10H,1H3;2-7H,1H3;3*1-2H3. The second-order valence-corrected chi connectivity index (χ2v) is 5.93. The zero-order valence-corrected chi connectivity index (χ0v) is 20.5. The minimum atomic E-state index is 0.872. The van der Waals surface area contributed by atoms with Crippen LogP contribution in [0.3, 0.4) is 0 Å². The van der Waals surface area contributed by atoms with Crippen LogP contribution in [0.5, 0.6) is 11.5 Å². The lowest BCUT2D eigenvalue weighted by Gasteiger charge is -2.04. The van der Waals surface area contributed by atoms with Crippen molar-refractivity contribution in [1.29, 1.82) is 0 Å². The minimum absolute atomic E-state index is 0.872. The number of aryl methyl sites for hydroxylation is 2. The fourth-order valence-electron chi connectivity index (χ4n) is 2.41. The van der Waals surface area contributed by atoms with E-state index in [-0.39, 0.29) is 0 Å². The highest BCUT2D eigenvalue weighted by Crippen LogP contribution is 2.20. The van der Waals surface area contributed by atoms with E-state index in [1.54, 1.807) is 0 Å². The van der Waals surface area contributed by atoms with Gasteiger partial charge in [-0.1, -0.05) is 95.6 Å². The summed E-state index contributed by atoms with van der Waals surface area (Å²) >= 11 is 0. The van der Waals surface area contributed by atoms with Gasteiger partial charge >= 0.3 is 0 Å². The molecule has 0 saturated heterocycles. The van der Waals surface area contributed by atoms with Crippen molar-refractivity contribution in [3.05, 3.63) is 102 Å². The third-order valence-electron chi connectivity index (χ3n) is 3.73. The van der Waals surface area contributed by atoms with Crippen molar-refractivity contribution in [2.45, 2.75) is 55.4 Å². The summed E-state index contributed by atoms with van der Waals surface area (Å²) in [6, 6.07) is 28.1. The Morgan fingerprint density at radius 3 is 1.68 bits per heavy atom. The predicted molar refractivity (Wildman–Crippen MR) is 138 cm³/mol. The molecule has 0 N–H and O–H groups in total. The zero-order chi connectivity index (χ0) is 23.5. The van der Waals surface area contributed by atoms with Crippen LogP contribution in [0, 0.1) is 13.8 Å².